The molecule has 43 heavy (non-hydrogen) atoms. The Labute approximate surface area is 260 Å². The van der Waals surface area contributed by atoms with Gasteiger partial charge in [-0.25, -0.2) is 0 Å². The predicted molar refractivity (Wildman–Crippen MR) is 185 cm³/mol. The van der Waals surface area contributed by atoms with Gasteiger partial charge in [0.1, 0.15) is 5.75 Å². The average Bonchev–Trinajstić information content (AvgIpc) is 3.34. The van der Waals surface area contributed by atoms with Crippen molar-refractivity contribution in [2.75, 3.05) is 0 Å². The highest BCUT2D eigenvalue weighted by Gasteiger charge is 2.42. The number of aliphatic imine (C=N–C) groups is 1. The second-order valence-corrected chi connectivity index (χ2v) is 14.1. The maximum atomic E-state index is 11.3. The quantitative estimate of drug-likeness (QED) is 0.190. The summed E-state index contributed by atoms with van der Waals surface area (Å²) < 4.78 is 0. The lowest BCUT2D eigenvalue weighted by Crippen LogP contribution is -2.27. The van der Waals surface area contributed by atoms with Crippen LogP contribution in [0.25, 0.3) is 11.1 Å². The van der Waals surface area contributed by atoms with Crippen molar-refractivity contribution in [3.63, 3.8) is 0 Å². The fraction of sp³-hybridized carbons (Fsp3) is 0.439. The summed E-state index contributed by atoms with van der Waals surface area (Å²) in [7, 11) is 0. The predicted octanol–water partition coefficient (Wildman–Crippen LogP) is 11.1. The Hall–Kier alpha value is -3.39. The molecule has 1 fully saturated rings. The van der Waals surface area contributed by atoms with Gasteiger partial charge < -0.3 is 5.11 Å². The molecule has 226 valence electrons. The van der Waals surface area contributed by atoms with Crippen LogP contribution >= 0.6 is 0 Å². The van der Waals surface area contributed by atoms with Gasteiger partial charge in [-0.2, -0.15) is 0 Å². The zero-order valence-corrected chi connectivity index (χ0v) is 27.1. The standard InChI is InChI=1S/C41H51NO/c1-7-8-17-29(2)41(6,38-35-23-14-12-21-33(35)34-22-13-15-24-36(34)38)25-16-18-30-26-31(28-42-32-19-10-9-11-20-32)39(43)37(27-30)40(3,4)5/h8,12-15,17,21-24,26-28,32,38,43H,2,7,9-11,16,18-20,25H2,1,3-6H3/b17-8-,42-28?. The van der Waals surface area contributed by atoms with E-state index < -0.39 is 0 Å². The summed E-state index contributed by atoms with van der Waals surface area (Å²) in [6.07, 6.45) is 16.6. The minimum absolute atomic E-state index is 0.135. The fourth-order valence-electron chi connectivity index (χ4n) is 7.39. The van der Waals surface area contributed by atoms with E-state index >= 15 is 0 Å². The zero-order valence-electron chi connectivity index (χ0n) is 27.1. The van der Waals surface area contributed by atoms with Crippen molar-refractivity contribution >= 4 is 6.21 Å². The zero-order chi connectivity index (χ0) is 30.6. The van der Waals surface area contributed by atoms with Crippen LogP contribution in [0.15, 0.2) is 90.0 Å². The Morgan fingerprint density at radius 1 is 0.930 bits per heavy atom. The third kappa shape index (κ3) is 6.59. The summed E-state index contributed by atoms with van der Waals surface area (Å²) in [5.41, 5.74) is 9.60. The van der Waals surface area contributed by atoms with Crippen molar-refractivity contribution in [3.8, 4) is 16.9 Å². The maximum Gasteiger partial charge on any atom is 0.128 e. The lowest BCUT2D eigenvalue weighted by atomic mass is 9.65. The maximum absolute atomic E-state index is 11.3. The Morgan fingerprint density at radius 3 is 2.16 bits per heavy atom. The van der Waals surface area contributed by atoms with Crippen LogP contribution < -0.4 is 0 Å². The summed E-state index contributed by atoms with van der Waals surface area (Å²) in [4.78, 5) is 4.94. The number of hydrogen-bond acceptors (Lipinski definition) is 2. The van der Waals surface area contributed by atoms with Crippen LogP contribution in [0.1, 0.15) is 120 Å². The molecule has 1 atom stereocenters. The molecule has 0 amide bonds. The molecule has 2 aliphatic rings. The Morgan fingerprint density at radius 2 is 1.56 bits per heavy atom. The van der Waals surface area contributed by atoms with Crippen molar-refractivity contribution in [2.24, 2.45) is 10.4 Å². The molecule has 2 nitrogen and oxygen atoms in total. The molecule has 1 N–H and O–H groups in total. The molecule has 0 bridgehead atoms. The SMILES string of the molecule is C=C(/C=C\CC)C(C)(CCCc1cc(C=NC2CCCCC2)c(O)c(C(C)(C)C)c1)C1c2ccccc2-c2ccccc21. The third-order valence-corrected chi connectivity index (χ3v) is 9.93. The van der Waals surface area contributed by atoms with E-state index in [0.717, 1.165) is 49.7 Å². The van der Waals surface area contributed by atoms with Crippen molar-refractivity contribution in [3.05, 3.63) is 113 Å². The van der Waals surface area contributed by atoms with E-state index in [4.69, 9.17) is 4.99 Å². The van der Waals surface area contributed by atoms with Crippen molar-refractivity contribution < 1.29 is 5.11 Å². The van der Waals surface area contributed by atoms with Crippen molar-refractivity contribution in [2.45, 2.75) is 110 Å². The van der Waals surface area contributed by atoms with E-state index in [0.29, 0.717) is 11.8 Å². The van der Waals surface area contributed by atoms with Crippen LogP contribution in [0.4, 0.5) is 0 Å². The van der Waals surface area contributed by atoms with Crippen LogP contribution in [-0.4, -0.2) is 17.4 Å². The van der Waals surface area contributed by atoms with Crippen molar-refractivity contribution in [1.82, 2.24) is 0 Å². The summed E-state index contributed by atoms with van der Waals surface area (Å²) >= 11 is 0. The molecule has 1 unspecified atom stereocenters. The van der Waals surface area contributed by atoms with Gasteiger partial charge in [0, 0.05) is 34.7 Å². The molecule has 0 saturated heterocycles. The number of phenolic OH excluding ortho intramolecular Hbond substituents is 1. The molecule has 1 saturated carbocycles. The Kier molecular flexibility index (Phi) is 9.45. The summed E-state index contributed by atoms with van der Waals surface area (Å²) in [6.45, 7) is 15.9. The Bertz CT molecular complexity index is 1450. The first-order valence-electron chi connectivity index (χ1n) is 16.6. The minimum Gasteiger partial charge on any atom is -0.507 e. The van der Waals surface area contributed by atoms with Gasteiger partial charge in [0.25, 0.3) is 0 Å². The molecule has 0 radical (unpaired) electrons. The molecule has 0 spiro atoms. The molecule has 3 aromatic rings. The van der Waals surface area contributed by atoms with Crippen LogP contribution in [-0.2, 0) is 11.8 Å². The fourth-order valence-corrected chi connectivity index (χ4v) is 7.39. The molecular weight excluding hydrogens is 522 g/mol. The third-order valence-electron chi connectivity index (χ3n) is 9.93. The first kappa shape index (κ1) is 31.0. The van der Waals surface area contributed by atoms with E-state index in [1.54, 1.807) is 0 Å². The number of hydrogen-bond donors (Lipinski definition) is 1. The lowest BCUT2D eigenvalue weighted by Gasteiger charge is -2.38. The summed E-state index contributed by atoms with van der Waals surface area (Å²) in [6, 6.07) is 22.7. The number of benzene rings is 3. The van der Waals surface area contributed by atoms with E-state index in [9.17, 15) is 5.11 Å². The van der Waals surface area contributed by atoms with E-state index in [2.05, 4.69) is 114 Å². The van der Waals surface area contributed by atoms with E-state index in [-0.39, 0.29) is 16.7 Å². The number of phenols is 1. The molecule has 5 rings (SSSR count). The second-order valence-electron chi connectivity index (χ2n) is 14.1. The van der Waals surface area contributed by atoms with Gasteiger partial charge in [-0.1, -0.05) is 127 Å². The largest absolute Gasteiger partial charge is 0.507 e. The monoisotopic (exact) mass is 573 g/mol. The van der Waals surface area contributed by atoms with Crippen LogP contribution in [0, 0.1) is 5.41 Å². The van der Waals surface area contributed by atoms with Gasteiger partial charge in [0.15, 0.2) is 0 Å². The first-order valence-corrected chi connectivity index (χ1v) is 16.6. The van der Waals surface area contributed by atoms with E-state index in [1.165, 1.54) is 52.7 Å². The van der Waals surface area contributed by atoms with Gasteiger partial charge in [-0.15, -0.1) is 0 Å². The smallest absolute Gasteiger partial charge is 0.128 e. The topological polar surface area (TPSA) is 32.6 Å². The highest BCUT2D eigenvalue weighted by Crippen LogP contribution is 2.57. The van der Waals surface area contributed by atoms with Crippen molar-refractivity contribution in [1.29, 1.82) is 0 Å². The highest BCUT2D eigenvalue weighted by molar-refractivity contribution is 5.85. The summed E-state index contributed by atoms with van der Waals surface area (Å²) in [5.74, 6) is 0.648. The Balaban J connectivity index is 1.45. The number of fused-ring (bicyclic) bond motifs is 3. The molecule has 2 aliphatic carbocycles. The van der Waals surface area contributed by atoms with Crippen LogP contribution in [0.5, 0.6) is 5.75 Å². The molecule has 3 aromatic carbocycles. The highest BCUT2D eigenvalue weighted by atomic mass is 16.3. The number of aryl methyl sites for hydroxylation is 1. The number of nitrogens with zero attached hydrogens (tertiary/aromatic N) is 1. The minimum atomic E-state index is -0.154. The molecule has 0 heterocycles. The lowest BCUT2D eigenvalue weighted by molar-refractivity contribution is 0.322. The summed E-state index contributed by atoms with van der Waals surface area (Å²) in [5, 5.41) is 11.3. The van der Waals surface area contributed by atoms with Gasteiger partial charge >= 0.3 is 0 Å². The van der Waals surface area contributed by atoms with Gasteiger partial charge in [-0.05, 0) is 83.4 Å². The van der Waals surface area contributed by atoms with Gasteiger partial charge in [0.2, 0.25) is 0 Å². The van der Waals surface area contributed by atoms with Gasteiger partial charge in [-0.3, -0.25) is 4.99 Å². The first-order chi connectivity index (χ1) is 20.6. The van der Waals surface area contributed by atoms with Crippen LogP contribution in [0.2, 0.25) is 0 Å². The molecule has 2 heteroatoms. The number of allylic oxidation sites excluding steroid dienone is 3. The normalized spacial score (nSPS) is 17.3. The molecule has 0 aromatic heterocycles. The second kappa shape index (κ2) is 13.1. The number of aromatic hydroxyl groups is 1. The van der Waals surface area contributed by atoms with E-state index in [1.807, 2.05) is 6.21 Å². The van der Waals surface area contributed by atoms with Crippen LogP contribution in [0.3, 0.4) is 0 Å². The number of rotatable bonds is 10. The van der Waals surface area contributed by atoms with Gasteiger partial charge in [0.05, 0.1) is 0 Å². The molecular formula is C41H51NO. The average molecular weight is 574 g/mol. The molecule has 0 aliphatic heterocycles.